The normalized spacial score (nSPS) is 12.7. The predicted molar refractivity (Wildman–Crippen MR) is 102 cm³/mol. The molecule has 0 atom stereocenters. The number of ketones is 1. The second-order valence-corrected chi connectivity index (χ2v) is 6.94. The van der Waals surface area contributed by atoms with Crippen molar-refractivity contribution in [2.75, 3.05) is 20.6 Å². The van der Waals surface area contributed by atoms with Crippen LogP contribution >= 0.6 is 0 Å². The largest absolute Gasteiger partial charge is 0.508 e. The van der Waals surface area contributed by atoms with Gasteiger partial charge in [0.1, 0.15) is 5.75 Å². The summed E-state index contributed by atoms with van der Waals surface area (Å²) >= 11 is 0. The van der Waals surface area contributed by atoms with Gasteiger partial charge < -0.3 is 14.6 Å². The smallest absolute Gasteiger partial charge is 0.258 e. The second kappa shape index (κ2) is 6.11. The van der Waals surface area contributed by atoms with Gasteiger partial charge in [0.15, 0.2) is 5.78 Å². The van der Waals surface area contributed by atoms with Crippen LogP contribution in [0, 0.1) is 0 Å². The minimum absolute atomic E-state index is 0.0516. The number of benzene rings is 2. The zero-order chi connectivity index (χ0) is 18.4. The molecule has 0 unspecified atom stereocenters. The predicted octanol–water partition coefficient (Wildman–Crippen LogP) is 2.87. The average molecular weight is 348 g/mol. The SMILES string of the molecule is CN(C)CCCn1c2c(c3ccccc3c1=O)C(=O)c1cc(O)ccc1-2. The second-order valence-electron chi connectivity index (χ2n) is 6.94. The molecule has 0 amide bonds. The van der Waals surface area contributed by atoms with E-state index >= 15 is 0 Å². The quantitative estimate of drug-likeness (QED) is 0.616. The number of aromatic nitrogens is 1. The lowest BCUT2D eigenvalue weighted by molar-refractivity contribution is 0.104. The van der Waals surface area contributed by atoms with Gasteiger partial charge in [0.05, 0.1) is 11.3 Å². The van der Waals surface area contributed by atoms with Gasteiger partial charge in [0, 0.05) is 28.4 Å². The Morgan fingerprint density at radius 3 is 2.46 bits per heavy atom. The first-order valence-corrected chi connectivity index (χ1v) is 8.67. The van der Waals surface area contributed by atoms with Crippen LogP contribution in [0.1, 0.15) is 22.3 Å². The average Bonchev–Trinajstić information content (AvgIpc) is 2.90. The Bertz CT molecular complexity index is 1100. The van der Waals surface area contributed by atoms with E-state index in [1.165, 1.54) is 6.07 Å². The van der Waals surface area contributed by atoms with Gasteiger partial charge in [-0.2, -0.15) is 0 Å². The molecule has 3 aromatic rings. The number of aromatic hydroxyl groups is 1. The number of rotatable bonds is 4. The molecule has 5 nitrogen and oxygen atoms in total. The number of nitrogens with zero attached hydrogens (tertiary/aromatic N) is 2. The van der Waals surface area contributed by atoms with Crippen molar-refractivity contribution in [2.24, 2.45) is 0 Å². The minimum atomic E-state index is -0.136. The minimum Gasteiger partial charge on any atom is -0.508 e. The maximum atomic E-state index is 13.1. The first-order chi connectivity index (χ1) is 12.5. The monoisotopic (exact) mass is 348 g/mol. The van der Waals surface area contributed by atoms with Gasteiger partial charge in [0.25, 0.3) is 5.56 Å². The highest BCUT2D eigenvalue weighted by Crippen LogP contribution is 2.40. The molecular formula is C21H20N2O3. The van der Waals surface area contributed by atoms with Crippen LogP contribution in [0.15, 0.2) is 47.3 Å². The van der Waals surface area contributed by atoms with Crippen molar-refractivity contribution in [2.45, 2.75) is 13.0 Å². The van der Waals surface area contributed by atoms with E-state index < -0.39 is 0 Å². The third-order valence-corrected chi connectivity index (χ3v) is 4.90. The van der Waals surface area contributed by atoms with Crippen LogP contribution in [0.25, 0.3) is 22.0 Å². The van der Waals surface area contributed by atoms with E-state index in [-0.39, 0.29) is 17.1 Å². The molecule has 4 rings (SSSR count). The molecule has 1 aliphatic carbocycles. The summed E-state index contributed by atoms with van der Waals surface area (Å²) in [5.41, 5.74) is 2.33. The van der Waals surface area contributed by atoms with Gasteiger partial charge in [0.2, 0.25) is 0 Å². The lowest BCUT2D eigenvalue weighted by Gasteiger charge is -2.16. The Morgan fingerprint density at radius 2 is 1.73 bits per heavy atom. The molecule has 0 aliphatic heterocycles. The highest BCUT2D eigenvalue weighted by Gasteiger charge is 2.32. The van der Waals surface area contributed by atoms with Gasteiger partial charge >= 0.3 is 0 Å². The summed E-state index contributed by atoms with van der Waals surface area (Å²) in [6, 6.07) is 12.0. The van der Waals surface area contributed by atoms with E-state index in [9.17, 15) is 14.7 Å². The van der Waals surface area contributed by atoms with E-state index in [4.69, 9.17) is 0 Å². The van der Waals surface area contributed by atoms with Crippen molar-refractivity contribution in [3.63, 3.8) is 0 Å². The third-order valence-electron chi connectivity index (χ3n) is 4.90. The summed E-state index contributed by atoms with van der Waals surface area (Å²) in [5, 5.41) is 11.0. The summed E-state index contributed by atoms with van der Waals surface area (Å²) in [6.45, 7) is 1.39. The van der Waals surface area contributed by atoms with Gasteiger partial charge in [-0.1, -0.05) is 18.2 Å². The number of phenols is 1. The summed E-state index contributed by atoms with van der Waals surface area (Å²) in [5.74, 6) is -0.0841. The molecule has 1 aliphatic rings. The maximum absolute atomic E-state index is 13.1. The van der Waals surface area contributed by atoms with Crippen molar-refractivity contribution in [3.05, 3.63) is 63.9 Å². The number of carbonyl (C=O) groups is 1. The van der Waals surface area contributed by atoms with E-state index in [1.807, 2.05) is 32.3 Å². The molecule has 0 radical (unpaired) electrons. The van der Waals surface area contributed by atoms with Crippen molar-refractivity contribution in [1.29, 1.82) is 0 Å². The fourth-order valence-electron chi connectivity index (χ4n) is 3.73. The molecule has 0 spiro atoms. The Kier molecular flexibility index (Phi) is 3.89. The molecule has 0 saturated heterocycles. The summed E-state index contributed by atoms with van der Waals surface area (Å²) in [6.07, 6.45) is 0.805. The zero-order valence-corrected chi connectivity index (χ0v) is 14.8. The Labute approximate surface area is 151 Å². The molecule has 5 heteroatoms. The molecule has 1 aromatic heterocycles. The number of hydrogen-bond acceptors (Lipinski definition) is 4. The zero-order valence-electron chi connectivity index (χ0n) is 14.8. The molecule has 0 saturated carbocycles. The fourth-order valence-corrected chi connectivity index (χ4v) is 3.73. The third kappa shape index (κ3) is 2.44. The molecule has 0 bridgehead atoms. The van der Waals surface area contributed by atoms with Crippen LogP contribution in [0.4, 0.5) is 0 Å². The van der Waals surface area contributed by atoms with Crippen LogP contribution in [-0.4, -0.2) is 41.0 Å². The van der Waals surface area contributed by atoms with E-state index in [0.717, 1.165) is 18.5 Å². The highest BCUT2D eigenvalue weighted by atomic mass is 16.3. The number of hydrogen-bond donors (Lipinski definition) is 1. The van der Waals surface area contributed by atoms with Crippen LogP contribution < -0.4 is 5.56 Å². The van der Waals surface area contributed by atoms with Crippen molar-refractivity contribution in [3.8, 4) is 17.0 Å². The summed E-state index contributed by atoms with van der Waals surface area (Å²) in [7, 11) is 3.99. The Hall–Kier alpha value is -2.92. The number of fused-ring (bicyclic) bond motifs is 5. The first-order valence-electron chi connectivity index (χ1n) is 8.67. The molecule has 1 N–H and O–H groups in total. The maximum Gasteiger partial charge on any atom is 0.258 e. The molecular weight excluding hydrogens is 328 g/mol. The standard InChI is InChI=1S/C21H20N2O3/c1-22(2)10-5-11-23-19-15-9-8-13(24)12-17(15)20(25)18(19)14-6-3-4-7-16(14)21(23)26/h3-4,6-9,12,24H,5,10-11H2,1-2H3. The van der Waals surface area contributed by atoms with Crippen molar-refractivity contribution >= 4 is 16.6 Å². The summed E-state index contributed by atoms with van der Waals surface area (Å²) in [4.78, 5) is 28.3. The van der Waals surface area contributed by atoms with E-state index in [2.05, 4.69) is 4.90 Å². The van der Waals surface area contributed by atoms with Crippen LogP contribution in [-0.2, 0) is 6.54 Å². The van der Waals surface area contributed by atoms with E-state index in [0.29, 0.717) is 34.1 Å². The van der Waals surface area contributed by atoms with Crippen LogP contribution in [0.3, 0.4) is 0 Å². The van der Waals surface area contributed by atoms with Crippen molar-refractivity contribution < 1.29 is 9.90 Å². The number of carbonyl (C=O) groups excluding carboxylic acids is 1. The van der Waals surface area contributed by atoms with Crippen molar-refractivity contribution in [1.82, 2.24) is 9.47 Å². The highest BCUT2D eigenvalue weighted by molar-refractivity contribution is 6.26. The topological polar surface area (TPSA) is 62.5 Å². The van der Waals surface area contributed by atoms with E-state index in [1.54, 1.807) is 22.8 Å². The molecule has 0 fully saturated rings. The molecule has 132 valence electrons. The van der Waals surface area contributed by atoms with Crippen LogP contribution in [0.5, 0.6) is 5.75 Å². The fraction of sp³-hybridized carbons (Fsp3) is 0.238. The number of pyridine rings is 1. The van der Waals surface area contributed by atoms with Gasteiger partial charge in [-0.15, -0.1) is 0 Å². The lowest BCUT2D eigenvalue weighted by atomic mass is 10.0. The Balaban J connectivity index is 2.01. The Morgan fingerprint density at radius 1 is 1.00 bits per heavy atom. The van der Waals surface area contributed by atoms with Gasteiger partial charge in [-0.25, -0.2) is 0 Å². The molecule has 26 heavy (non-hydrogen) atoms. The number of phenolic OH excluding ortho intramolecular Hbond substituents is 1. The lowest BCUT2D eigenvalue weighted by Crippen LogP contribution is -2.25. The first kappa shape index (κ1) is 16.5. The van der Waals surface area contributed by atoms with Crippen LogP contribution in [0.2, 0.25) is 0 Å². The van der Waals surface area contributed by atoms with Gasteiger partial charge in [-0.3, -0.25) is 9.59 Å². The molecule has 1 heterocycles. The van der Waals surface area contributed by atoms with Gasteiger partial charge in [-0.05, 0) is 51.3 Å². The molecule has 2 aromatic carbocycles. The summed E-state index contributed by atoms with van der Waals surface area (Å²) < 4.78 is 1.72.